The number of hydrogen-bond acceptors (Lipinski definition) is 2. The third kappa shape index (κ3) is 2.08. The third-order valence-electron chi connectivity index (χ3n) is 2.57. The van der Waals surface area contributed by atoms with Crippen LogP contribution in [0.3, 0.4) is 0 Å². The van der Waals surface area contributed by atoms with Crippen molar-refractivity contribution in [1.82, 2.24) is 0 Å². The first-order valence-electron chi connectivity index (χ1n) is 4.63. The highest BCUT2D eigenvalue weighted by molar-refractivity contribution is 7.07. The van der Waals surface area contributed by atoms with E-state index in [1.54, 1.807) is 11.3 Å². The highest BCUT2D eigenvalue weighted by atomic mass is 32.1. The molecule has 0 aliphatic heterocycles. The summed E-state index contributed by atoms with van der Waals surface area (Å²) < 4.78 is 0. The summed E-state index contributed by atoms with van der Waals surface area (Å²) in [6, 6.07) is 2.66. The summed E-state index contributed by atoms with van der Waals surface area (Å²) in [7, 11) is 0. The van der Waals surface area contributed by atoms with Gasteiger partial charge in [-0.05, 0) is 54.0 Å². The van der Waals surface area contributed by atoms with Gasteiger partial charge < -0.3 is 5.73 Å². The molecule has 1 saturated carbocycles. The first-order valence-corrected chi connectivity index (χ1v) is 5.57. The lowest BCUT2D eigenvalue weighted by molar-refractivity contribution is 0.550. The van der Waals surface area contributed by atoms with Gasteiger partial charge in [-0.3, -0.25) is 0 Å². The van der Waals surface area contributed by atoms with E-state index in [4.69, 9.17) is 5.73 Å². The van der Waals surface area contributed by atoms with Gasteiger partial charge in [0.1, 0.15) is 0 Å². The first kappa shape index (κ1) is 8.27. The molecule has 0 saturated heterocycles. The molecule has 0 spiro atoms. The summed E-state index contributed by atoms with van der Waals surface area (Å²) in [5, 5.41) is 4.36. The zero-order valence-electron chi connectivity index (χ0n) is 7.20. The minimum Gasteiger partial charge on any atom is -0.327 e. The topological polar surface area (TPSA) is 26.0 Å². The van der Waals surface area contributed by atoms with E-state index in [0.29, 0.717) is 6.04 Å². The van der Waals surface area contributed by atoms with E-state index in [1.165, 1.54) is 31.2 Å². The number of nitrogens with two attached hydrogens (primary N) is 1. The third-order valence-corrected chi connectivity index (χ3v) is 3.31. The molecule has 0 bridgehead atoms. The molecule has 0 aromatic carbocycles. The molecule has 0 radical (unpaired) electrons. The molecule has 1 fully saturated rings. The Bertz CT molecular complexity index is 226. The molecule has 2 rings (SSSR count). The predicted octanol–water partition coefficient (Wildman–Crippen LogP) is 2.42. The number of thiophene rings is 1. The molecule has 1 aromatic rings. The molecule has 1 aromatic heterocycles. The van der Waals surface area contributed by atoms with Gasteiger partial charge in [-0.2, -0.15) is 11.3 Å². The van der Waals surface area contributed by atoms with Crippen molar-refractivity contribution in [2.45, 2.75) is 31.7 Å². The van der Waals surface area contributed by atoms with Gasteiger partial charge in [0.15, 0.2) is 0 Å². The van der Waals surface area contributed by atoms with Gasteiger partial charge in [-0.1, -0.05) is 0 Å². The minimum atomic E-state index is 0.463. The first-order chi connectivity index (χ1) is 5.86. The van der Waals surface area contributed by atoms with Crippen molar-refractivity contribution in [3.8, 4) is 0 Å². The van der Waals surface area contributed by atoms with Gasteiger partial charge in [-0.25, -0.2) is 0 Å². The molecule has 12 heavy (non-hydrogen) atoms. The van der Waals surface area contributed by atoms with Crippen molar-refractivity contribution < 1.29 is 0 Å². The molecular formula is C10H15NS. The molecule has 2 heteroatoms. The Balaban J connectivity index is 1.74. The van der Waals surface area contributed by atoms with E-state index in [2.05, 4.69) is 16.8 Å². The van der Waals surface area contributed by atoms with Crippen LogP contribution in [-0.2, 0) is 6.42 Å². The summed E-state index contributed by atoms with van der Waals surface area (Å²) in [4.78, 5) is 0. The number of rotatable bonds is 4. The van der Waals surface area contributed by atoms with E-state index in [1.807, 2.05) is 0 Å². The van der Waals surface area contributed by atoms with Crippen molar-refractivity contribution in [2.24, 2.45) is 11.7 Å². The van der Waals surface area contributed by atoms with Gasteiger partial charge in [0.05, 0.1) is 0 Å². The van der Waals surface area contributed by atoms with Gasteiger partial charge >= 0.3 is 0 Å². The smallest absolute Gasteiger partial charge is 0.00703 e. The monoisotopic (exact) mass is 181 g/mol. The fraction of sp³-hybridized carbons (Fsp3) is 0.600. The van der Waals surface area contributed by atoms with Crippen molar-refractivity contribution in [1.29, 1.82) is 0 Å². The average Bonchev–Trinajstić information content (AvgIpc) is 2.80. The van der Waals surface area contributed by atoms with Crippen LogP contribution in [0.15, 0.2) is 16.8 Å². The molecule has 1 nitrogen and oxygen atoms in total. The SMILES string of the molecule is NC(CCc1ccsc1)C1CC1. The van der Waals surface area contributed by atoms with Crippen LogP contribution in [0.5, 0.6) is 0 Å². The van der Waals surface area contributed by atoms with Crippen LogP contribution in [0.1, 0.15) is 24.8 Å². The van der Waals surface area contributed by atoms with Crippen molar-refractivity contribution in [2.75, 3.05) is 0 Å². The molecule has 2 N–H and O–H groups in total. The van der Waals surface area contributed by atoms with Gasteiger partial charge in [0.25, 0.3) is 0 Å². The van der Waals surface area contributed by atoms with E-state index in [9.17, 15) is 0 Å². The van der Waals surface area contributed by atoms with Gasteiger partial charge in [-0.15, -0.1) is 0 Å². The van der Waals surface area contributed by atoms with Crippen LogP contribution in [0.2, 0.25) is 0 Å². The van der Waals surface area contributed by atoms with E-state index < -0.39 is 0 Å². The van der Waals surface area contributed by atoms with Crippen molar-refractivity contribution in [3.05, 3.63) is 22.4 Å². The second-order valence-electron chi connectivity index (χ2n) is 3.67. The summed E-state index contributed by atoms with van der Waals surface area (Å²) in [5.41, 5.74) is 7.45. The van der Waals surface area contributed by atoms with E-state index >= 15 is 0 Å². The van der Waals surface area contributed by atoms with Crippen LogP contribution >= 0.6 is 11.3 Å². The molecule has 1 aliphatic rings. The Morgan fingerprint density at radius 1 is 1.58 bits per heavy atom. The molecule has 0 amide bonds. The summed E-state index contributed by atoms with van der Waals surface area (Å²) in [5.74, 6) is 0.851. The second kappa shape index (κ2) is 3.58. The molecule has 1 heterocycles. The lowest BCUT2D eigenvalue weighted by Gasteiger charge is -2.08. The zero-order chi connectivity index (χ0) is 8.39. The molecule has 1 atom stereocenters. The molecule has 1 unspecified atom stereocenters. The number of hydrogen-bond donors (Lipinski definition) is 1. The van der Waals surface area contributed by atoms with Gasteiger partial charge in [0.2, 0.25) is 0 Å². The fourth-order valence-electron chi connectivity index (χ4n) is 1.53. The fourth-order valence-corrected chi connectivity index (χ4v) is 2.23. The molecule has 66 valence electrons. The largest absolute Gasteiger partial charge is 0.327 e. The highest BCUT2D eigenvalue weighted by Crippen LogP contribution is 2.33. The quantitative estimate of drug-likeness (QED) is 0.758. The Morgan fingerprint density at radius 2 is 2.42 bits per heavy atom. The van der Waals surface area contributed by atoms with Crippen LogP contribution in [-0.4, -0.2) is 6.04 Å². The summed E-state index contributed by atoms with van der Waals surface area (Å²) in [6.45, 7) is 0. The van der Waals surface area contributed by atoms with E-state index in [0.717, 1.165) is 5.92 Å². The standard InChI is InChI=1S/C10H15NS/c11-10(9-2-3-9)4-1-8-5-6-12-7-8/h5-7,9-10H,1-4,11H2. The van der Waals surface area contributed by atoms with Crippen molar-refractivity contribution in [3.63, 3.8) is 0 Å². The maximum atomic E-state index is 6.00. The second-order valence-corrected chi connectivity index (χ2v) is 4.45. The van der Waals surface area contributed by atoms with Crippen molar-refractivity contribution >= 4 is 11.3 Å². The molecular weight excluding hydrogens is 166 g/mol. The maximum absolute atomic E-state index is 6.00. The maximum Gasteiger partial charge on any atom is 0.00703 e. The Kier molecular flexibility index (Phi) is 2.47. The van der Waals surface area contributed by atoms with Crippen LogP contribution < -0.4 is 5.73 Å². The Hall–Kier alpha value is -0.340. The summed E-state index contributed by atoms with van der Waals surface area (Å²) in [6.07, 6.45) is 5.07. The van der Waals surface area contributed by atoms with Crippen LogP contribution in [0.4, 0.5) is 0 Å². The van der Waals surface area contributed by atoms with Crippen LogP contribution in [0.25, 0.3) is 0 Å². The lowest BCUT2D eigenvalue weighted by Crippen LogP contribution is -2.22. The molecule has 1 aliphatic carbocycles. The zero-order valence-corrected chi connectivity index (χ0v) is 8.02. The number of aryl methyl sites for hydroxylation is 1. The normalized spacial score (nSPS) is 19.4. The van der Waals surface area contributed by atoms with Gasteiger partial charge in [0, 0.05) is 6.04 Å². The Labute approximate surface area is 77.6 Å². The average molecular weight is 181 g/mol. The van der Waals surface area contributed by atoms with Crippen LogP contribution in [0, 0.1) is 5.92 Å². The lowest BCUT2D eigenvalue weighted by atomic mass is 10.1. The highest BCUT2D eigenvalue weighted by Gasteiger charge is 2.27. The predicted molar refractivity (Wildman–Crippen MR) is 53.3 cm³/mol. The van der Waals surface area contributed by atoms with E-state index in [-0.39, 0.29) is 0 Å². The Morgan fingerprint density at radius 3 is 3.00 bits per heavy atom. The minimum absolute atomic E-state index is 0.463. The summed E-state index contributed by atoms with van der Waals surface area (Å²) >= 11 is 1.77.